The molecule has 0 aliphatic carbocycles. The number of aromatic nitrogens is 2. The molecule has 1 N–H and O–H groups in total. The third-order valence-electron chi connectivity index (χ3n) is 2.49. The second-order valence-corrected chi connectivity index (χ2v) is 4.65. The third kappa shape index (κ3) is 2.62. The highest BCUT2D eigenvalue weighted by Gasteiger charge is 2.13. The Morgan fingerprint density at radius 2 is 2.00 bits per heavy atom. The lowest BCUT2D eigenvalue weighted by Gasteiger charge is -2.09. The summed E-state index contributed by atoms with van der Waals surface area (Å²) in [5.74, 6) is -1.39. The van der Waals surface area contributed by atoms with Crippen molar-refractivity contribution in [2.75, 3.05) is 0 Å². The first-order chi connectivity index (χ1) is 8.90. The van der Waals surface area contributed by atoms with Crippen LogP contribution in [0.15, 0.2) is 29.2 Å². The Kier molecular flexibility index (Phi) is 3.59. The fourth-order valence-electron chi connectivity index (χ4n) is 1.50. The van der Waals surface area contributed by atoms with Crippen molar-refractivity contribution in [1.29, 1.82) is 0 Å². The highest BCUT2D eigenvalue weighted by Crippen LogP contribution is 2.26. The summed E-state index contributed by atoms with van der Waals surface area (Å²) in [5.41, 5.74) is -0.0527. The van der Waals surface area contributed by atoms with Crippen molar-refractivity contribution in [2.45, 2.75) is 6.92 Å². The maximum atomic E-state index is 11.3. The molecule has 0 fully saturated rings. The quantitative estimate of drug-likeness (QED) is 0.925. The number of rotatable bonds is 2. The molecule has 1 aromatic carbocycles. The molecule has 0 spiro atoms. The lowest BCUT2D eigenvalue weighted by atomic mass is 10.2. The first-order valence-corrected chi connectivity index (χ1v) is 5.95. The summed E-state index contributed by atoms with van der Waals surface area (Å²) in [6.45, 7) is 1.79. The molecule has 0 aliphatic rings. The minimum atomic E-state index is -1.39. The van der Waals surface area contributed by atoms with Gasteiger partial charge in [0.2, 0.25) is 11.1 Å². The first kappa shape index (κ1) is 13.6. The van der Waals surface area contributed by atoms with E-state index in [-0.39, 0.29) is 0 Å². The van der Waals surface area contributed by atoms with Crippen LogP contribution in [0.3, 0.4) is 0 Å². The largest absolute Gasteiger partial charge is 0.476 e. The number of carbonyl (C=O) groups is 1. The van der Waals surface area contributed by atoms with E-state index in [4.69, 9.17) is 28.3 Å². The molecule has 1 heterocycles. The second kappa shape index (κ2) is 5.03. The van der Waals surface area contributed by atoms with Gasteiger partial charge in [-0.2, -0.15) is 5.10 Å². The van der Waals surface area contributed by atoms with Gasteiger partial charge in [0.15, 0.2) is 0 Å². The molecular weight excluding hydrogens is 291 g/mol. The minimum absolute atomic E-state index is 0.356. The van der Waals surface area contributed by atoms with Gasteiger partial charge in [0.05, 0.1) is 10.7 Å². The smallest absolute Gasteiger partial charge is 0.360 e. The fraction of sp³-hybridized carbons (Fsp3) is 0.0833. The van der Waals surface area contributed by atoms with Gasteiger partial charge in [-0.1, -0.05) is 23.2 Å². The summed E-state index contributed by atoms with van der Waals surface area (Å²) in [4.78, 5) is 22.2. The van der Waals surface area contributed by atoms with E-state index < -0.39 is 17.1 Å². The fourth-order valence-corrected chi connectivity index (χ4v) is 1.96. The van der Waals surface area contributed by atoms with Crippen molar-refractivity contribution in [2.24, 2.45) is 0 Å². The number of nitrogens with zero attached hydrogens (tertiary/aromatic N) is 2. The van der Waals surface area contributed by atoms with Crippen LogP contribution in [0.2, 0.25) is 10.0 Å². The molecule has 0 radical (unpaired) electrons. The molecule has 98 valence electrons. The van der Waals surface area contributed by atoms with E-state index >= 15 is 0 Å². The van der Waals surface area contributed by atoms with Gasteiger partial charge in [-0.25, -0.2) is 9.48 Å². The van der Waals surface area contributed by atoms with E-state index in [0.717, 1.165) is 11.6 Å². The van der Waals surface area contributed by atoms with Crippen LogP contribution in [0.5, 0.6) is 0 Å². The van der Waals surface area contributed by atoms with Gasteiger partial charge in [-0.3, -0.25) is 4.79 Å². The minimum Gasteiger partial charge on any atom is -0.476 e. The van der Waals surface area contributed by atoms with Crippen LogP contribution in [-0.4, -0.2) is 20.9 Å². The average molecular weight is 299 g/mol. The van der Waals surface area contributed by atoms with Crippen LogP contribution in [0.25, 0.3) is 5.69 Å². The Morgan fingerprint density at radius 3 is 2.63 bits per heavy atom. The van der Waals surface area contributed by atoms with Crippen molar-refractivity contribution < 1.29 is 9.90 Å². The van der Waals surface area contributed by atoms with E-state index in [9.17, 15) is 9.59 Å². The Balaban J connectivity index is 2.66. The molecule has 0 amide bonds. The van der Waals surface area contributed by atoms with Crippen molar-refractivity contribution in [3.05, 3.63) is 55.9 Å². The molecule has 5 nitrogen and oxygen atoms in total. The standard InChI is InChI=1S/C12H8Cl2N2O3/c1-6-4-8(14)9(5-7(6)13)16-3-2-10(17)11(15-16)12(18)19/h2-5H,1H3,(H,18,19). The number of aromatic carboxylic acids is 1. The molecule has 0 saturated heterocycles. The number of benzene rings is 1. The third-order valence-corrected chi connectivity index (χ3v) is 3.20. The lowest BCUT2D eigenvalue weighted by Crippen LogP contribution is -2.20. The molecule has 0 unspecified atom stereocenters. The number of halogens is 2. The zero-order valence-electron chi connectivity index (χ0n) is 9.72. The van der Waals surface area contributed by atoms with Gasteiger partial charge in [0.1, 0.15) is 0 Å². The van der Waals surface area contributed by atoms with Gasteiger partial charge in [0, 0.05) is 17.3 Å². The lowest BCUT2D eigenvalue weighted by molar-refractivity contribution is 0.0687. The van der Waals surface area contributed by atoms with E-state index in [0.29, 0.717) is 15.7 Å². The summed E-state index contributed by atoms with van der Waals surface area (Å²) in [5, 5.41) is 13.4. The van der Waals surface area contributed by atoms with Crippen molar-refractivity contribution in [1.82, 2.24) is 9.78 Å². The zero-order chi connectivity index (χ0) is 14.2. The second-order valence-electron chi connectivity index (χ2n) is 3.83. The molecule has 0 atom stereocenters. The maximum Gasteiger partial charge on any atom is 0.360 e. The van der Waals surface area contributed by atoms with Gasteiger partial charge in [-0.05, 0) is 24.6 Å². The monoisotopic (exact) mass is 298 g/mol. The predicted octanol–water partition coefficient (Wildman–Crippen LogP) is 2.55. The number of aryl methyl sites for hydroxylation is 1. The summed E-state index contributed by atoms with van der Waals surface area (Å²) < 4.78 is 1.21. The number of carboxylic acid groups (broad SMARTS) is 1. The molecular formula is C12H8Cl2N2O3. The Hall–Kier alpha value is -1.85. The molecule has 1 aromatic heterocycles. The Morgan fingerprint density at radius 1 is 1.32 bits per heavy atom. The van der Waals surface area contributed by atoms with Crippen LogP contribution in [0.1, 0.15) is 16.1 Å². The molecule has 2 rings (SSSR count). The average Bonchev–Trinajstić information content (AvgIpc) is 2.34. The predicted molar refractivity (Wildman–Crippen MR) is 71.6 cm³/mol. The topological polar surface area (TPSA) is 72.2 Å². The van der Waals surface area contributed by atoms with Crippen LogP contribution < -0.4 is 5.43 Å². The van der Waals surface area contributed by atoms with Gasteiger partial charge >= 0.3 is 5.97 Å². The summed E-state index contributed by atoms with van der Waals surface area (Å²) >= 11 is 12.1. The van der Waals surface area contributed by atoms with Gasteiger partial charge in [0.25, 0.3) is 0 Å². The van der Waals surface area contributed by atoms with Crippen LogP contribution in [-0.2, 0) is 0 Å². The van der Waals surface area contributed by atoms with Crippen molar-refractivity contribution in [3.63, 3.8) is 0 Å². The SMILES string of the molecule is Cc1cc(Cl)c(-n2ccc(=O)c(C(=O)O)n2)cc1Cl. The molecule has 7 heteroatoms. The van der Waals surface area contributed by atoms with E-state index in [1.165, 1.54) is 10.9 Å². The van der Waals surface area contributed by atoms with Gasteiger partial charge < -0.3 is 5.11 Å². The number of carboxylic acids is 1. The Bertz CT molecular complexity index is 725. The number of hydrogen-bond acceptors (Lipinski definition) is 3. The molecule has 0 aliphatic heterocycles. The molecule has 19 heavy (non-hydrogen) atoms. The van der Waals surface area contributed by atoms with E-state index in [1.807, 2.05) is 0 Å². The molecule has 0 saturated carbocycles. The van der Waals surface area contributed by atoms with Gasteiger partial charge in [-0.15, -0.1) is 0 Å². The number of hydrogen-bond donors (Lipinski definition) is 1. The summed E-state index contributed by atoms with van der Waals surface area (Å²) in [6, 6.07) is 4.31. The van der Waals surface area contributed by atoms with Crippen molar-refractivity contribution >= 4 is 29.2 Å². The van der Waals surface area contributed by atoms with Crippen LogP contribution >= 0.6 is 23.2 Å². The molecule has 0 bridgehead atoms. The van der Waals surface area contributed by atoms with Crippen molar-refractivity contribution in [3.8, 4) is 5.69 Å². The van der Waals surface area contributed by atoms with Crippen LogP contribution in [0.4, 0.5) is 0 Å². The van der Waals surface area contributed by atoms with Crippen LogP contribution in [0, 0.1) is 6.92 Å². The maximum absolute atomic E-state index is 11.3. The normalized spacial score (nSPS) is 10.5. The highest BCUT2D eigenvalue weighted by molar-refractivity contribution is 6.35. The summed E-state index contributed by atoms with van der Waals surface area (Å²) in [7, 11) is 0. The van der Waals surface area contributed by atoms with E-state index in [1.54, 1.807) is 19.1 Å². The first-order valence-electron chi connectivity index (χ1n) is 5.19. The molecule has 2 aromatic rings. The van der Waals surface area contributed by atoms with E-state index in [2.05, 4.69) is 5.10 Å². The highest BCUT2D eigenvalue weighted by atomic mass is 35.5. The Labute approximate surface area is 118 Å². The summed E-state index contributed by atoms with van der Waals surface area (Å²) in [6.07, 6.45) is 1.33. The zero-order valence-corrected chi connectivity index (χ0v) is 11.2.